The van der Waals surface area contributed by atoms with E-state index >= 15 is 0 Å². The summed E-state index contributed by atoms with van der Waals surface area (Å²) in [6.07, 6.45) is 0.695. The van der Waals surface area contributed by atoms with E-state index in [9.17, 15) is 9.59 Å². The third kappa shape index (κ3) is 5.15. The van der Waals surface area contributed by atoms with Crippen molar-refractivity contribution in [3.8, 4) is 5.75 Å². The van der Waals surface area contributed by atoms with Gasteiger partial charge in [-0.15, -0.1) is 0 Å². The molecule has 7 heteroatoms. The van der Waals surface area contributed by atoms with Gasteiger partial charge in [-0.1, -0.05) is 0 Å². The van der Waals surface area contributed by atoms with Gasteiger partial charge in [-0.25, -0.2) is 4.79 Å². The quantitative estimate of drug-likeness (QED) is 0.473. The van der Waals surface area contributed by atoms with Crippen molar-refractivity contribution in [1.82, 2.24) is 5.32 Å². The maximum atomic E-state index is 11.5. The highest BCUT2D eigenvalue weighted by Gasteiger charge is 2.12. The minimum Gasteiger partial charge on any atom is -0.483 e. The predicted molar refractivity (Wildman–Crippen MR) is 72.8 cm³/mol. The number of carboxylic acids is 1. The fraction of sp³-hybridized carbons (Fsp3) is 0.385. The largest absolute Gasteiger partial charge is 0.483 e. The lowest BCUT2D eigenvalue weighted by Crippen LogP contribution is -2.30. The second kappa shape index (κ2) is 8.00. The van der Waals surface area contributed by atoms with Crippen LogP contribution in [0.4, 0.5) is 5.69 Å². The maximum absolute atomic E-state index is 11.5. The molecular weight excluding hydrogens is 264 g/mol. The lowest BCUT2D eigenvalue weighted by Gasteiger charge is -2.10. The first-order valence-corrected chi connectivity index (χ1v) is 6.06. The molecule has 110 valence electrons. The number of hydrogen-bond acceptors (Lipinski definition) is 5. The highest BCUT2D eigenvalue weighted by molar-refractivity contribution is 5.91. The van der Waals surface area contributed by atoms with Gasteiger partial charge < -0.3 is 25.6 Å². The Bertz CT molecular complexity index is 476. The summed E-state index contributed by atoms with van der Waals surface area (Å²) in [5.74, 6) is -1.40. The number of methoxy groups -OCH3 is 1. The Morgan fingerprint density at radius 3 is 2.80 bits per heavy atom. The number of anilines is 1. The van der Waals surface area contributed by atoms with E-state index in [4.69, 9.17) is 20.3 Å². The molecule has 0 atom stereocenters. The van der Waals surface area contributed by atoms with Gasteiger partial charge in [0, 0.05) is 32.0 Å². The van der Waals surface area contributed by atoms with E-state index in [-0.39, 0.29) is 23.8 Å². The fourth-order valence-electron chi connectivity index (χ4n) is 1.47. The number of nitrogen functional groups attached to an aromatic ring is 1. The van der Waals surface area contributed by atoms with Crippen molar-refractivity contribution in [2.75, 3.05) is 32.6 Å². The highest BCUT2D eigenvalue weighted by atomic mass is 16.5. The normalized spacial score (nSPS) is 10.1. The topological polar surface area (TPSA) is 111 Å². The zero-order valence-corrected chi connectivity index (χ0v) is 11.2. The molecule has 1 aromatic carbocycles. The number of nitrogens with two attached hydrogens (primary N) is 1. The maximum Gasteiger partial charge on any atom is 0.339 e. The molecule has 20 heavy (non-hydrogen) atoms. The molecule has 1 aromatic rings. The van der Waals surface area contributed by atoms with E-state index in [0.29, 0.717) is 25.3 Å². The third-order valence-electron chi connectivity index (χ3n) is 2.44. The Hall–Kier alpha value is -2.28. The smallest absolute Gasteiger partial charge is 0.339 e. The van der Waals surface area contributed by atoms with Crippen LogP contribution in [0.25, 0.3) is 0 Å². The lowest BCUT2D eigenvalue weighted by atomic mass is 10.2. The lowest BCUT2D eigenvalue weighted by molar-refractivity contribution is -0.123. The van der Waals surface area contributed by atoms with Crippen LogP contribution in [0, 0.1) is 0 Å². The third-order valence-corrected chi connectivity index (χ3v) is 2.44. The van der Waals surface area contributed by atoms with Crippen molar-refractivity contribution in [2.24, 2.45) is 0 Å². The van der Waals surface area contributed by atoms with E-state index in [2.05, 4.69) is 5.32 Å². The molecule has 0 aliphatic carbocycles. The summed E-state index contributed by atoms with van der Waals surface area (Å²) in [6.45, 7) is 0.759. The van der Waals surface area contributed by atoms with Crippen LogP contribution in [-0.2, 0) is 9.53 Å². The standard InChI is InChI=1S/C13H18N2O5/c1-19-6-2-5-15-12(16)8-20-11-7-9(14)3-4-10(11)13(17)18/h3-4,7H,2,5-6,8,14H2,1H3,(H,15,16)(H,17,18). The summed E-state index contributed by atoms with van der Waals surface area (Å²) >= 11 is 0. The van der Waals surface area contributed by atoms with Crippen LogP contribution in [0.3, 0.4) is 0 Å². The molecule has 0 radical (unpaired) electrons. The minimum absolute atomic E-state index is 0.0358. The zero-order chi connectivity index (χ0) is 15.0. The summed E-state index contributed by atoms with van der Waals surface area (Å²) in [7, 11) is 1.58. The van der Waals surface area contributed by atoms with Gasteiger partial charge in [0.05, 0.1) is 0 Å². The first-order chi connectivity index (χ1) is 9.54. The van der Waals surface area contributed by atoms with E-state index in [1.165, 1.54) is 18.2 Å². The SMILES string of the molecule is COCCCNC(=O)COc1cc(N)ccc1C(=O)O. The summed E-state index contributed by atoms with van der Waals surface area (Å²) in [6, 6.07) is 4.17. The van der Waals surface area contributed by atoms with Gasteiger partial charge in [-0.05, 0) is 18.6 Å². The van der Waals surface area contributed by atoms with Gasteiger partial charge in [-0.3, -0.25) is 4.79 Å². The molecule has 0 spiro atoms. The van der Waals surface area contributed by atoms with Gasteiger partial charge in [0.15, 0.2) is 6.61 Å². The van der Waals surface area contributed by atoms with Crippen LogP contribution in [-0.4, -0.2) is 43.9 Å². The van der Waals surface area contributed by atoms with Crippen LogP contribution in [0.1, 0.15) is 16.8 Å². The number of aromatic carboxylic acids is 1. The molecule has 0 aliphatic rings. The molecule has 4 N–H and O–H groups in total. The Morgan fingerprint density at radius 1 is 1.40 bits per heavy atom. The number of benzene rings is 1. The molecule has 1 rings (SSSR count). The monoisotopic (exact) mass is 282 g/mol. The molecule has 0 saturated heterocycles. The van der Waals surface area contributed by atoms with Crippen LogP contribution in [0.15, 0.2) is 18.2 Å². The summed E-state index contributed by atoms with van der Waals surface area (Å²) in [4.78, 5) is 22.5. The number of nitrogens with one attached hydrogen (secondary N) is 1. The van der Waals surface area contributed by atoms with Gasteiger partial charge in [-0.2, -0.15) is 0 Å². The zero-order valence-electron chi connectivity index (χ0n) is 11.2. The van der Waals surface area contributed by atoms with Crippen LogP contribution >= 0.6 is 0 Å². The molecule has 0 aliphatic heterocycles. The van der Waals surface area contributed by atoms with E-state index < -0.39 is 5.97 Å². The Balaban J connectivity index is 2.50. The van der Waals surface area contributed by atoms with Crippen molar-refractivity contribution in [2.45, 2.75) is 6.42 Å². The summed E-state index contributed by atoms with van der Waals surface area (Å²) < 4.78 is 10.0. The van der Waals surface area contributed by atoms with Gasteiger partial charge in [0.2, 0.25) is 0 Å². The average Bonchev–Trinajstić information content (AvgIpc) is 2.41. The molecule has 0 unspecified atom stereocenters. The Kier molecular flexibility index (Phi) is 6.31. The molecule has 0 bridgehead atoms. The molecule has 0 saturated carbocycles. The number of hydrogen-bond donors (Lipinski definition) is 3. The average molecular weight is 282 g/mol. The van der Waals surface area contributed by atoms with Gasteiger partial charge >= 0.3 is 5.97 Å². The molecule has 0 fully saturated rings. The van der Waals surface area contributed by atoms with Crippen molar-refractivity contribution < 1.29 is 24.2 Å². The second-order valence-electron chi connectivity index (χ2n) is 4.05. The Morgan fingerprint density at radius 2 is 2.15 bits per heavy atom. The predicted octanol–water partition coefficient (Wildman–Crippen LogP) is 0.498. The Labute approximate surface area is 116 Å². The molecular formula is C13H18N2O5. The summed E-state index contributed by atoms with van der Waals surface area (Å²) in [5, 5.41) is 11.6. The van der Waals surface area contributed by atoms with Crippen LogP contribution < -0.4 is 15.8 Å². The minimum atomic E-state index is -1.14. The number of rotatable bonds is 8. The fourth-order valence-corrected chi connectivity index (χ4v) is 1.47. The summed E-state index contributed by atoms with van der Waals surface area (Å²) in [5.41, 5.74) is 5.89. The van der Waals surface area contributed by atoms with Crippen molar-refractivity contribution in [3.63, 3.8) is 0 Å². The van der Waals surface area contributed by atoms with Crippen molar-refractivity contribution in [1.29, 1.82) is 0 Å². The molecule has 0 aromatic heterocycles. The first kappa shape index (κ1) is 15.8. The number of carboxylic acid groups (broad SMARTS) is 1. The number of carbonyl (C=O) groups excluding carboxylic acids is 1. The van der Waals surface area contributed by atoms with Crippen LogP contribution in [0.2, 0.25) is 0 Å². The highest BCUT2D eigenvalue weighted by Crippen LogP contribution is 2.21. The number of ether oxygens (including phenoxy) is 2. The van der Waals surface area contributed by atoms with Crippen LogP contribution in [0.5, 0.6) is 5.75 Å². The molecule has 7 nitrogen and oxygen atoms in total. The van der Waals surface area contributed by atoms with E-state index in [1.54, 1.807) is 7.11 Å². The number of carbonyl (C=O) groups is 2. The van der Waals surface area contributed by atoms with Gasteiger partial charge in [0.1, 0.15) is 11.3 Å². The molecule has 1 amide bonds. The van der Waals surface area contributed by atoms with E-state index in [1.807, 2.05) is 0 Å². The van der Waals surface area contributed by atoms with Gasteiger partial charge in [0.25, 0.3) is 5.91 Å². The number of amides is 1. The molecule has 0 heterocycles. The van der Waals surface area contributed by atoms with E-state index in [0.717, 1.165) is 0 Å². The second-order valence-corrected chi connectivity index (χ2v) is 4.05. The van der Waals surface area contributed by atoms with Crippen molar-refractivity contribution in [3.05, 3.63) is 23.8 Å². The first-order valence-electron chi connectivity index (χ1n) is 6.06. The van der Waals surface area contributed by atoms with Crippen molar-refractivity contribution >= 4 is 17.6 Å².